The second-order valence-electron chi connectivity index (χ2n) is 6.17. The van der Waals surface area contributed by atoms with Gasteiger partial charge in [-0.15, -0.1) is 11.3 Å². The number of fused-ring (bicyclic) bond motifs is 1. The van der Waals surface area contributed by atoms with Gasteiger partial charge in [0.15, 0.2) is 0 Å². The molecule has 0 radical (unpaired) electrons. The van der Waals surface area contributed by atoms with Crippen LogP contribution in [-0.2, 0) is 4.79 Å². The molecule has 128 valence electrons. The predicted octanol–water partition coefficient (Wildman–Crippen LogP) is 3.34. The smallest absolute Gasteiger partial charge is 0.239 e. The first-order chi connectivity index (χ1) is 12.2. The van der Waals surface area contributed by atoms with Crippen LogP contribution in [0.1, 0.15) is 6.42 Å². The third-order valence-corrected chi connectivity index (χ3v) is 5.11. The lowest BCUT2D eigenvalue weighted by molar-refractivity contribution is -0.117. The highest BCUT2D eigenvalue weighted by atomic mass is 32.1. The third kappa shape index (κ3) is 3.67. The fourth-order valence-electron chi connectivity index (χ4n) is 3.04. The fraction of sp³-hybridized carbons (Fsp3) is 0.278. The first kappa shape index (κ1) is 16.1. The van der Waals surface area contributed by atoms with Gasteiger partial charge in [-0.25, -0.2) is 9.37 Å². The molecule has 1 aromatic carbocycles. The number of rotatable bonds is 4. The number of nitrogens with one attached hydrogen (secondary N) is 1. The van der Waals surface area contributed by atoms with E-state index in [1.54, 1.807) is 23.0 Å². The number of pyridine rings is 1. The Labute approximate surface area is 148 Å². The Hall–Kier alpha value is -2.38. The number of aromatic nitrogens is 2. The van der Waals surface area contributed by atoms with Crippen molar-refractivity contribution in [1.29, 1.82) is 0 Å². The maximum atomic E-state index is 13.2. The van der Waals surface area contributed by atoms with Crippen molar-refractivity contribution in [2.24, 2.45) is 0 Å². The summed E-state index contributed by atoms with van der Waals surface area (Å²) in [7, 11) is 0. The van der Waals surface area contributed by atoms with Crippen LogP contribution in [0, 0.1) is 0 Å². The van der Waals surface area contributed by atoms with Crippen LogP contribution in [0.4, 0.5) is 10.2 Å². The molecule has 7 heteroatoms. The van der Waals surface area contributed by atoms with Gasteiger partial charge in [0.2, 0.25) is 5.91 Å². The number of anilines is 1. The fourth-order valence-corrected chi connectivity index (χ4v) is 3.66. The molecule has 5 nitrogen and oxygen atoms in total. The monoisotopic (exact) mass is 356 g/mol. The van der Waals surface area contributed by atoms with Crippen molar-refractivity contribution in [1.82, 2.24) is 14.9 Å². The van der Waals surface area contributed by atoms with E-state index in [1.165, 1.54) is 0 Å². The predicted molar refractivity (Wildman–Crippen MR) is 97.4 cm³/mol. The van der Waals surface area contributed by atoms with Gasteiger partial charge in [-0.1, -0.05) is 12.1 Å². The van der Waals surface area contributed by atoms with Crippen LogP contribution in [0.15, 0.2) is 42.2 Å². The highest BCUT2D eigenvalue weighted by Gasteiger charge is 2.23. The molecule has 3 heterocycles. The van der Waals surface area contributed by atoms with Gasteiger partial charge in [0.05, 0.1) is 16.9 Å². The van der Waals surface area contributed by atoms with Crippen LogP contribution in [-0.4, -0.2) is 46.6 Å². The zero-order valence-electron chi connectivity index (χ0n) is 13.5. The van der Waals surface area contributed by atoms with Crippen molar-refractivity contribution in [2.75, 3.05) is 25.0 Å². The Morgan fingerprint density at radius 3 is 3.00 bits per heavy atom. The van der Waals surface area contributed by atoms with Crippen LogP contribution >= 0.6 is 11.3 Å². The van der Waals surface area contributed by atoms with E-state index in [-0.39, 0.29) is 12.5 Å². The molecular formula is C18H17FN4OS. The number of thiazole rings is 1. The van der Waals surface area contributed by atoms with Gasteiger partial charge in [0.25, 0.3) is 0 Å². The van der Waals surface area contributed by atoms with Crippen LogP contribution in [0.5, 0.6) is 0 Å². The maximum absolute atomic E-state index is 13.2. The minimum Gasteiger partial charge on any atom is -0.310 e. The van der Waals surface area contributed by atoms with Gasteiger partial charge in [0, 0.05) is 30.9 Å². The lowest BCUT2D eigenvalue weighted by Crippen LogP contribution is -2.32. The Balaban J connectivity index is 1.50. The SMILES string of the molecule is O=C(CN1CC[C@@H](F)C1)Nc1cc2cc(-c3cncs3)ccc2cn1. The molecular weight excluding hydrogens is 339 g/mol. The van der Waals surface area contributed by atoms with Gasteiger partial charge in [-0.2, -0.15) is 0 Å². The van der Waals surface area contributed by atoms with Gasteiger partial charge in [-0.3, -0.25) is 14.7 Å². The highest BCUT2D eigenvalue weighted by molar-refractivity contribution is 7.13. The molecule has 0 spiro atoms. The van der Waals surface area contributed by atoms with Crippen molar-refractivity contribution in [3.63, 3.8) is 0 Å². The number of hydrogen-bond acceptors (Lipinski definition) is 5. The summed E-state index contributed by atoms with van der Waals surface area (Å²) in [6, 6.07) is 7.97. The largest absolute Gasteiger partial charge is 0.310 e. The summed E-state index contributed by atoms with van der Waals surface area (Å²) in [5, 5.41) is 4.81. The Morgan fingerprint density at radius 2 is 2.24 bits per heavy atom. The third-order valence-electron chi connectivity index (χ3n) is 4.29. The molecule has 2 aromatic heterocycles. The molecule has 3 aromatic rings. The van der Waals surface area contributed by atoms with E-state index < -0.39 is 6.17 Å². The molecule has 1 amide bonds. The van der Waals surface area contributed by atoms with Gasteiger partial charge in [-0.05, 0) is 29.5 Å². The molecule has 1 fully saturated rings. The minimum atomic E-state index is -0.822. The number of alkyl halides is 1. The van der Waals surface area contributed by atoms with E-state index in [9.17, 15) is 9.18 Å². The zero-order chi connectivity index (χ0) is 17.2. The molecule has 4 rings (SSSR count). The molecule has 0 bridgehead atoms. The van der Waals surface area contributed by atoms with Crippen LogP contribution < -0.4 is 5.32 Å². The topological polar surface area (TPSA) is 58.1 Å². The number of carbonyl (C=O) groups excluding carboxylic acids is 1. The van der Waals surface area contributed by atoms with Gasteiger partial charge < -0.3 is 5.32 Å². The average molecular weight is 356 g/mol. The van der Waals surface area contributed by atoms with E-state index in [4.69, 9.17) is 0 Å². The lowest BCUT2D eigenvalue weighted by Gasteiger charge is -2.14. The van der Waals surface area contributed by atoms with Crippen molar-refractivity contribution in [3.05, 3.63) is 42.2 Å². The quantitative estimate of drug-likeness (QED) is 0.779. The van der Waals surface area contributed by atoms with E-state index >= 15 is 0 Å². The molecule has 1 atom stereocenters. The van der Waals surface area contributed by atoms with Crippen molar-refractivity contribution >= 4 is 33.8 Å². The first-order valence-corrected chi connectivity index (χ1v) is 9.00. The van der Waals surface area contributed by atoms with Crippen LogP contribution in [0.3, 0.4) is 0 Å². The lowest BCUT2D eigenvalue weighted by atomic mass is 10.1. The summed E-state index contributed by atoms with van der Waals surface area (Å²) in [5.74, 6) is 0.342. The van der Waals surface area contributed by atoms with E-state index in [0.717, 1.165) is 21.2 Å². The number of hydrogen-bond donors (Lipinski definition) is 1. The maximum Gasteiger partial charge on any atom is 0.239 e. The average Bonchev–Trinajstić information content (AvgIpc) is 3.26. The molecule has 0 unspecified atom stereocenters. The number of benzene rings is 1. The summed E-state index contributed by atoms with van der Waals surface area (Å²) in [6.45, 7) is 1.15. The van der Waals surface area contributed by atoms with Crippen molar-refractivity contribution < 1.29 is 9.18 Å². The normalized spacial score (nSPS) is 17.9. The van der Waals surface area contributed by atoms with E-state index in [2.05, 4.69) is 21.4 Å². The first-order valence-electron chi connectivity index (χ1n) is 8.12. The highest BCUT2D eigenvalue weighted by Crippen LogP contribution is 2.27. The molecule has 1 aliphatic heterocycles. The van der Waals surface area contributed by atoms with Crippen molar-refractivity contribution in [3.8, 4) is 10.4 Å². The molecule has 0 aliphatic carbocycles. The Kier molecular flexibility index (Phi) is 4.42. The summed E-state index contributed by atoms with van der Waals surface area (Å²) in [6.07, 6.45) is 3.26. The number of carbonyl (C=O) groups is 1. The summed E-state index contributed by atoms with van der Waals surface area (Å²) in [5.41, 5.74) is 2.89. The molecule has 25 heavy (non-hydrogen) atoms. The van der Waals surface area contributed by atoms with E-state index in [0.29, 0.717) is 25.3 Å². The zero-order valence-corrected chi connectivity index (χ0v) is 14.3. The van der Waals surface area contributed by atoms with Crippen molar-refractivity contribution in [2.45, 2.75) is 12.6 Å². The number of amides is 1. The summed E-state index contributed by atoms with van der Waals surface area (Å²) >= 11 is 1.58. The van der Waals surface area contributed by atoms with E-state index in [1.807, 2.05) is 29.3 Å². The summed E-state index contributed by atoms with van der Waals surface area (Å²) in [4.78, 5) is 23.5. The van der Waals surface area contributed by atoms with Crippen LogP contribution in [0.25, 0.3) is 21.2 Å². The molecule has 1 aliphatic rings. The Bertz CT molecular complexity index is 899. The molecule has 0 saturated carbocycles. The van der Waals surface area contributed by atoms with Gasteiger partial charge >= 0.3 is 0 Å². The molecule has 1 saturated heterocycles. The number of likely N-dealkylation sites (tertiary alicyclic amines) is 1. The standard InChI is InChI=1S/C18H17FN4OS/c19-15-3-4-23(9-15)10-18(24)22-17-6-14-5-12(16-8-20-11-25-16)1-2-13(14)7-21-17/h1-2,5-8,11,15H,3-4,9-10H2,(H,21,22,24)/t15-/m1/s1. The second kappa shape index (κ2) is 6.85. The second-order valence-corrected chi connectivity index (χ2v) is 7.05. The summed E-state index contributed by atoms with van der Waals surface area (Å²) < 4.78 is 13.2. The molecule has 1 N–H and O–H groups in total. The Morgan fingerprint density at radius 1 is 1.32 bits per heavy atom. The van der Waals surface area contributed by atoms with Gasteiger partial charge in [0.1, 0.15) is 12.0 Å². The number of nitrogens with zero attached hydrogens (tertiary/aromatic N) is 3. The van der Waals surface area contributed by atoms with Crippen LogP contribution in [0.2, 0.25) is 0 Å². The number of halogens is 1. The minimum absolute atomic E-state index is 0.167.